The summed E-state index contributed by atoms with van der Waals surface area (Å²) in [5, 5.41) is 8.91. The van der Waals surface area contributed by atoms with Gasteiger partial charge in [0.1, 0.15) is 5.16 Å². The van der Waals surface area contributed by atoms with Crippen LogP contribution in [0.1, 0.15) is 6.42 Å². The number of nitrogens with zero attached hydrogens (tertiary/aromatic N) is 1. The van der Waals surface area contributed by atoms with Crippen LogP contribution in [-0.2, 0) is 9.53 Å². The second kappa shape index (κ2) is 7.46. The minimum absolute atomic E-state index is 0.0311. The Morgan fingerprint density at radius 3 is 2.53 bits per heavy atom. The third-order valence-corrected chi connectivity index (χ3v) is 2.00. The fourth-order valence-corrected chi connectivity index (χ4v) is 0.949. The van der Waals surface area contributed by atoms with E-state index in [1.54, 1.807) is 0 Å². The summed E-state index contributed by atoms with van der Waals surface area (Å²) in [6, 6.07) is 0. The van der Waals surface area contributed by atoms with Crippen LogP contribution < -0.4 is 0 Å². The molecule has 0 aromatic carbocycles. The van der Waals surface area contributed by atoms with Crippen LogP contribution in [0.15, 0.2) is 53.4 Å². The summed E-state index contributed by atoms with van der Waals surface area (Å²) >= 11 is 5.76. The van der Waals surface area contributed by atoms with E-state index in [1.165, 1.54) is 19.3 Å². The maximum Gasteiger partial charge on any atom is 0.355 e. The van der Waals surface area contributed by atoms with Gasteiger partial charge in [0.05, 0.1) is 12.9 Å². The fraction of sp³-hybridized carbons (Fsp3) is 0.167. The van der Waals surface area contributed by atoms with Gasteiger partial charge in [0.25, 0.3) is 0 Å². The number of halogens is 1. The highest BCUT2D eigenvalue weighted by molar-refractivity contribution is 6.44. The highest BCUT2D eigenvalue weighted by Gasteiger charge is 2.11. The zero-order chi connectivity index (χ0) is 13.4. The molecule has 0 heterocycles. The first kappa shape index (κ1) is 15.2. The van der Waals surface area contributed by atoms with Crippen LogP contribution in [0.4, 0.5) is 0 Å². The fourth-order valence-electron chi connectivity index (χ4n) is 0.787. The van der Waals surface area contributed by atoms with Crippen molar-refractivity contribution in [1.29, 1.82) is 0 Å². The van der Waals surface area contributed by atoms with Crippen molar-refractivity contribution in [2.24, 2.45) is 4.99 Å². The summed E-state index contributed by atoms with van der Waals surface area (Å²) < 4.78 is 4.83. The molecule has 0 radical (unpaired) electrons. The van der Waals surface area contributed by atoms with Gasteiger partial charge in [-0.25, -0.2) is 9.79 Å². The summed E-state index contributed by atoms with van der Waals surface area (Å²) in [6.07, 6.45) is 3.14. The Morgan fingerprint density at radius 1 is 1.53 bits per heavy atom. The highest BCUT2D eigenvalue weighted by atomic mass is 35.5. The van der Waals surface area contributed by atoms with Gasteiger partial charge in [-0.15, -0.1) is 0 Å². The number of rotatable bonds is 7. The van der Waals surface area contributed by atoms with Crippen molar-refractivity contribution in [1.82, 2.24) is 0 Å². The lowest BCUT2D eigenvalue weighted by atomic mass is 10.2. The van der Waals surface area contributed by atoms with Crippen LogP contribution >= 0.6 is 11.6 Å². The van der Waals surface area contributed by atoms with Crippen molar-refractivity contribution in [3.8, 4) is 0 Å². The Bertz CT molecular complexity index is 408. The quantitative estimate of drug-likeness (QED) is 0.329. The van der Waals surface area contributed by atoms with E-state index in [9.17, 15) is 4.79 Å². The number of carbonyl (C=O) groups is 1. The van der Waals surface area contributed by atoms with Crippen molar-refractivity contribution < 1.29 is 14.6 Å². The zero-order valence-electron chi connectivity index (χ0n) is 9.57. The maximum absolute atomic E-state index is 10.9. The third kappa shape index (κ3) is 5.73. The van der Waals surface area contributed by atoms with Gasteiger partial charge in [-0.05, 0) is 11.6 Å². The SMILES string of the molecule is C=CC(=C)/C(=N\C(Cl)=C/CC(=C)OC)C(=O)O. The molecule has 0 aromatic rings. The minimum Gasteiger partial charge on any atom is -0.501 e. The molecule has 0 saturated heterocycles. The molecule has 0 spiro atoms. The molecule has 17 heavy (non-hydrogen) atoms. The second-order valence-electron chi connectivity index (χ2n) is 2.97. The van der Waals surface area contributed by atoms with Gasteiger partial charge in [0, 0.05) is 6.42 Å². The maximum atomic E-state index is 10.9. The van der Waals surface area contributed by atoms with Gasteiger partial charge in [0.2, 0.25) is 0 Å². The van der Waals surface area contributed by atoms with Gasteiger partial charge >= 0.3 is 5.97 Å². The van der Waals surface area contributed by atoms with E-state index in [0.29, 0.717) is 12.2 Å². The lowest BCUT2D eigenvalue weighted by Gasteiger charge is -2.01. The lowest BCUT2D eigenvalue weighted by Crippen LogP contribution is -2.14. The predicted octanol–water partition coefficient (Wildman–Crippen LogP) is 2.88. The number of methoxy groups -OCH3 is 1. The number of allylic oxidation sites excluding steroid dienone is 2. The van der Waals surface area contributed by atoms with Crippen molar-refractivity contribution in [3.63, 3.8) is 0 Å². The molecule has 0 saturated carbocycles. The van der Waals surface area contributed by atoms with Crippen molar-refractivity contribution in [3.05, 3.63) is 48.4 Å². The van der Waals surface area contributed by atoms with Crippen LogP contribution in [0.25, 0.3) is 0 Å². The van der Waals surface area contributed by atoms with Crippen LogP contribution in [0, 0.1) is 0 Å². The molecule has 0 aliphatic carbocycles. The van der Waals surface area contributed by atoms with Crippen LogP contribution in [0.2, 0.25) is 0 Å². The molecule has 0 aliphatic heterocycles. The first-order valence-electron chi connectivity index (χ1n) is 4.63. The van der Waals surface area contributed by atoms with Crippen molar-refractivity contribution in [2.75, 3.05) is 7.11 Å². The van der Waals surface area contributed by atoms with E-state index in [4.69, 9.17) is 21.4 Å². The Hall–Kier alpha value is -1.81. The number of carboxylic acids is 1. The first-order valence-corrected chi connectivity index (χ1v) is 5.01. The number of aliphatic imine (C=N–C) groups is 1. The zero-order valence-corrected chi connectivity index (χ0v) is 10.3. The largest absolute Gasteiger partial charge is 0.501 e. The van der Waals surface area contributed by atoms with E-state index in [-0.39, 0.29) is 16.4 Å². The van der Waals surface area contributed by atoms with Crippen molar-refractivity contribution >= 4 is 23.3 Å². The number of hydrogen-bond acceptors (Lipinski definition) is 3. The van der Waals surface area contributed by atoms with Gasteiger partial charge in [-0.2, -0.15) is 0 Å². The van der Waals surface area contributed by atoms with Gasteiger partial charge in [-0.1, -0.05) is 37.4 Å². The number of aliphatic carboxylic acids is 1. The lowest BCUT2D eigenvalue weighted by molar-refractivity contribution is -0.129. The molecule has 1 N–H and O–H groups in total. The summed E-state index contributed by atoms with van der Waals surface area (Å²) in [6.45, 7) is 10.5. The number of carboxylic acid groups (broad SMARTS) is 1. The summed E-state index contributed by atoms with van der Waals surface area (Å²) in [4.78, 5) is 14.6. The molecule has 0 aromatic heterocycles. The molecule has 0 unspecified atom stereocenters. The van der Waals surface area contributed by atoms with E-state index in [1.807, 2.05) is 0 Å². The summed E-state index contributed by atoms with van der Waals surface area (Å²) in [7, 11) is 1.48. The number of ether oxygens (including phenoxy) is 1. The molecule has 92 valence electrons. The molecule has 0 fully saturated rings. The Morgan fingerprint density at radius 2 is 2.12 bits per heavy atom. The molecule has 0 atom stereocenters. The van der Waals surface area contributed by atoms with Gasteiger partial charge < -0.3 is 9.84 Å². The minimum atomic E-state index is -1.22. The molecular formula is C12H14ClNO3. The van der Waals surface area contributed by atoms with E-state index >= 15 is 0 Å². The monoisotopic (exact) mass is 255 g/mol. The van der Waals surface area contributed by atoms with Crippen LogP contribution in [-0.4, -0.2) is 23.9 Å². The molecule has 5 heteroatoms. The van der Waals surface area contributed by atoms with E-state index in [2.05, 4.69) is 24.7 Å². The van der Waals surface area contributed by atoms with Gasteiger partial charge in [0.15, 0.2) is 5.71 Å². The predicted molar refractivity (Wildman–Crippen MR) is 69.1 cm³/mol. The molecular weight excluding hydrogens is 242 g/mol. The first-order chi connectivity index (χ1) is 7.92. The van der Waals surface area contributed by atoms with Crippen molar-refractivity contribution in [2.45, 2.75) is 6.42 Å². The normalized spacial score (nSPS) is 11.9. The highest BCUT2D eigenvalue weighted by Crippen LogP contribution is 2.11. The summed E-state index contributed by atoms with van der Waals surface area (Å²) in [5.41, 5.74) is -0.0566. The molecule has 0 bridgehead atoms. The smallest absolute Gasteiger partial charge is 0.355 e. The molecule has 0 aliphatic rings. The molecule has 4 nitrogen and oxygen atoms in total. The van der Waals surface area contributed by atoms with Gasteiger partial charge in [-0.3, -0.25) is 0 Å². The molecule has 0 amide bonds. The summed E-state index contributed by atoms with van der Waals surface area (Å²) in [5.74, 6) is -0.718. The van der Waals surface area contributed by atoms with Crippen LogP contribution in [0.5, 0.6) is 0 Å². The third-order valence-electron chi connectivity index (χ3n) is 1.76. The topological polar surface area (TPSA) is 58.9 Å². The standard InChI is InChI=1S/C12H14ClNO3/c1-5-8(2)11(12(15)16)14-10(13)7-6-9(3)17-4/h5,7H,1-3,6H2,4H3,(H,15,16)/b10-7-,14-11+. The van der Waals surface area contributed by atoms with E-state index in [0.717, 1.165) is 0 Å². The Kier molecular flexibility index (Phi) is 6.67. The number of hydrogen-bond donors (Lipinski definition) is 1. The average Bonchev–Trinajstić information content (AvgIpc) is 2.31. The van der Waals surface area contributed by atoms with E-state index < -0.39 is 5.97 Å². The Balaban J connectivity index is 4.94. The van der Waals surface area contributed by atoms with Crippen LogP contribution in [0.3, 0.4) is 0 Å². The average molecular weight is 256 g/mol. The Labute approximate surface area is 105 Å². The second-order valence-corrected chi connectivity index (χ2v) is 3.36. The molecule has 0 rings (SSSR count).